The van der Waals surface area contributed by atoms with Crippen LogP contribution in [0.25, 0.3) is 0 Å². The minimum absolute atomic E-state index is 0.187. The third-order valence-electron chi connectivity index (χ3n) is 15.9. The van der Waals surface area contributed by atoms with E-state index >= 15 is 0 Å². The lowest BCUT2D eigenvalue weighted by atomic mass is 9.99. The Morgan fingerprint density at radius 2 is 0.740 bits per heavy atom. The van der Waals surface area contributed by atoms with Gasteiger partial charge in [0.15, 0.2) is 6.29 Å². The Morgan fingerprint density at radius 3 is 1.09 bits per heavy atom. The van der Waals surface area contributed by atoms with Crippen LogP contribution in [0, 0.1) is 0 Å². The number of amides is 1. The van der Waals surface area contributed by atoms with Gasteiger partial charge in [0.2, 0.25) is 5.91 Å². The molecule has 0 radical (unpaired) electrons. The second kappa shape index (κ2) is 57.4. The Kier molecular flexibility index (Phi) is 54.5. The van der Waals surface area contributed by atoms with Gasteiger partial charge in [-0.2, -0.15) is 0 Å². The largest absolute Gasteiger partial charge is 0.394 e. The van der Waals surface area contributed by atoms with Crippen molar-refractivity contribution in [2.75, 3.05) is 13.2 Å². The fourth-order valence-electron chi connectivity index (χ4n) is 10.6. The van der Waals surface area contributed by atoms with Crippen LogP contribution in [0.1, 0.15) is 322 Å². The van der Waals surface area contributed by atoms with E-state index in [4.69, 9.17) is 9.47 Å². The molecule has 0 saturated carbocycles. The summed E-state index contributed by atoms with van der Waals surface area (Å²) < 4.78 is 11.3. The molecule has 452 valence electrons. The SMILES string of the molecule is CCCCCCCCCCCCCC/C=C\CCCCCCCCCCCCCCCC(=O)NC(COC1OC(CO)C(O)C(O)C1O)C(O)/C=C/CC/C=C/CC/C=C/CCCCCCCCCCCCCCCCC. The second-order valence-electron chi connectivity index (χ2n) is 23.2. The van der Waals surface area contributed by atoms with Crippen molar-refractivity contribution < 1.29 is 39.8 Å². The number of aliphatic hydroxyl groups excluding tert-OH is 5. The van der Waals surface area contributed by atoms with Crippen molar-refractivity contribution in [3.05, 3.63) is 48.6 Å². The maximum Gasteiger partial charge on any atom is 0.220 e. The van der Waals surface area contributed by atoms with Gasteiger partial charge in [0, 0.05) is 6.42 Å². The second-order valence-corrected chi connectivity index (χ2v) is 23.2. The summed E-state index contributed by atoms with van der Waals surface area (Å²) in [6.07, 6.45) is 70.7. The standard InChI is InChI=1S/C68H127NO8/c1-3-5-7-9-11-13-15-17-19-21-23-25-27-29-30-31-32-34-36-38-40-42-44-46-48-50-52-54-56-58-64(72)69-61(60-76-68-67(75)66(74)65(73)63(59-70)77-68)62(71)57-55-53-51-49-47-45-43-41-39-37-35-33-28-26-24-22-20-18-16-14-12-10-8-6-4-2/h29-30,39,41,47,49,55,57,61-63,65-68,70-71,73-75H,3-28,31-38,40,42-46,48,50-54,56,58-60H2,1-2H3,(H,69,72)/b30-29-,41-39+,49-47+,57-55+. The fourth-order valence-corrected chi connectivity index (χ4v) is 10.6. The van der Waals surface area contributed by atoms with Crippen molar-refractivity contribution >= 4 is 5.91 Å². The number of nitrogens with one attached hydrogen (secondary N) is 1. The van der Waals surface area contributed by atoms with Crippen molar-refractivity contribution in [1.82, 2.24) is 5.32 Å². The molecular weight excluding hydrogens is 959 g/mol. The molecule has 1 aliphatic rings. The highest BCUT2D eigenvalue weighted by molar-refractivity contribution is 5.76. The number of carbonyl (C=O) groups is 1. The highest BCUT2D eigenvalue weighted by Gasteiger charge is 2.44. The molecule has 0 aromatic carbocycles. The smallest absolute Gasteiger partial charge is 0.220 e. The minimum Gasteiger partial charge on any atom is -0.394 e. The maximum atomic E-state index is 13.1. The van der Waals surface area contributed by atoms with Crippen LogP contribution in [0.2, 0.25) is 0 Å². The zero-order valence-electron chi connectivity index (χ0n) is 50.5. The van der Waals surface area contributed by atoms with Crippen molar-refractivity contribution in [1.29, 1.82) is 0 Å². The molecule has 0 bridgehead atoms. The van der Waals surface area contributed by atoms with Gasteiger partial charge >= 0.3 is 0 Å². The number of carbonyl (C=O) groups excluding carboxylic acids is 1. The highest BCUT2D eigenvalue weighted by Crippen LogP contribution is 2.23. The highest BCUT2D eigenvalue weighted by atomic mass is 16.7. The zero-order valence-corrected chi connectivity index (χ0v) is 50.5. The van der Waals surface area contributed by atoms with Gasteiger partial charge in [0.1, 0.15) is 24.4 Å². The van der Waals surface area contributed by atoms with Crippen LogP contribution in [-0.2, 0) is 14.3 Å². The lowest BCUT2D eigenvalue weighted by Crippen LogP contribution is -2.60. The molecule has 1 amide bonds. The predicted molar refractivity (Wildman–Crippen MR) is 327 cm³/mol. The average molecular weight is 1090 g/mol. The van der Waals surface area contributed by atoms with Crippen LogP contribution >= 0.6 is 0 Å². The molecule has 6 N–H and O–H groups in total. The van der Waals surface area contributed by atoms with Gasteiger partial charge in [-0.1, -0.05) is 294 Å². The third kappa shape index (κ3) is 46.5. The first-order chi connectivity index (χ1) is 37.8. The van der Waals surface area contributed by atoms with Gasteiger partial charge in [-0.3, -0.25) is 4.79 Å². The van der Waals surface area contributed by atoms with Crippen molar-refractivity contribution in [2.24, 2.45) is 0 Å². The number of ether oxygens (including phenoxy) is 2. The molecule has 1 saturated heterocycles. The number of unbranched alkanes of at least 4 members (excludes halogenated alkanes) is 42. The molecule has 0 spiro atoms. The van der Waals surface area contributed by atoms with E-state index in [1.54, 1.807) is 6.08 Å². The first kappa shape index (κ1) is 73.2. The van der Waals surface area contributed by atoms with Crippen LogP contribution in [0.4, 0.5) is 0 Å². The van der Waals surface area contributed by atoms with Crippen LogP contribution in [0.3, 0.4) is 0 Å². The van der Waals surface area contributed by atoms with Gasteiger partial charge in [0.25, 0.3) is 0 Å². The van der Waals surface area contributed by atoms with Crippen molar-refractivity contribution in [3.63, 3.8) is 0 Å². The Bertz CT molecular complexity index is 1350. The average Bonchev–Trinajstić information content (AvgIpc) is 3.43. The summed E-state index contributed by atoms with van der Waals surface area (Å²) in [5, 5.41) is 54.7. The van der Waals surface area contributed by atoms with E-state index in [0.717, 1.165) is 44.9 Å². The molecular formula is C68H127NO8. The molecule has 0 aromatic heterocycles. The minimum atomic E-state index is -1.58. The third-order valence-corrected chi connectivity index (χ3v) is 15.9. The molecule has 0 aromatic rings. The molecule has 1 heterocycles. The number of allylic oxidation sites excluding steroid dienone is 7. The fraction of sp³-hybridized carbons (Fsp3) is 0.868. The molecule has 1 rings (SSSR count). The zero-order chi connectivity index (χ0) is 55.8. The lowest BCUT2D eigenvalue weighted by Gasteiger charge is -2.40. The van der Waals surface area contributed by atoms with Gasteiger partial charge in [-0.25, -0.2) is 0 Å². The van der Waals surface area contributed by atoms with Crippen LogP contribution in [-0.4, -0.2) is 87.5 Å². The predicted octanol–water partition coefficient (Wildman–Crippen LogP) is 17.6. The summed E-state index contributed by atoms with van der Waals surface area (Å²) in [5.74, 6) is -0.187. The van der Waals surface area contributed by atoms with Crippen LogP contribution < -0.4 is 5.32 Å². The summed E-state index contributed by atoms with van der Waals surface area (Å²) >= 11 is 0. The van der Waals surface area contributed by atoms with Gasteiger partial charge in [-0.15, -0.1) is 0 Å². The van der Waals surface area contributed by atoms with E-state index in [1.165, 1.54) is 257 Å². The van der Waals surface area contributed by atoms with E-state index in [2.05, 4.69) is 55.6 Å². The number of rotatable bonds is 58. The van der Waals surface area contributed by atoms with E-state index < -0.39 is 49.5 Å². The van der Waals surface area contributed by atoms with Crippen molar-refractivity contribution in [3.8, 4) is 0 Å². The molecule has 1 aliphatic heterocycles. The first-order valence-corrected chi connectivity index (χ1v) is 33.4. The number of hydrogen-bond acceptors (Lipinski definition) is 8. The summed E-state index contributed by atoms with van der Waals surface area (Å²) in [7, 11) is 0. The Hall–Kier alpha value is -1.85. The Morgan fingerprint density at radius 1 is 0.429 bits per heavy atom. The molecule has 7 atom stereocenters. The molecule has 77 heavy (non-hydrogen) atoms. The van der Waals surface area contributed by atoms with Gasteiger partial charge in [0.05, 0.1) is 25.4 Å². The van der Waals surface area contributed by atoms with Crippen molar-refractivity contribution in [2.45, 2.75) is 365 Å². The summed E-state index contributed by atoms with van der Waals surface area (Å²) in [5.41, 5.74) is 0. The van der Waals surface area contributed by atoms with Crippen LogP contribution in [0.15, 0.2) is 48.6 Å². The van der Waals surface area contributed by atoms with E-state index in [-0.39, 0.29) is 12.5 Å². The van der Waals surface area contributed by atoms with Gasteiger partial charge in [-0.05, 0) is 70.6 Å². The Labute approximate surface area is 475 Å². The topological polar surface area (TPSA) is 149 Å². The van der Waals surface area contributed by atoms with E-state index in [9.17, 15) is 30.3 Å². The molecule has 9 nitrogen and oxygen atoms in total. The van der Waals surface area contributed by atoms with E-state index in [0.29, 0.717) is 6.42 Å². The van der Waals surface area contributed by atoms with Gasteiger partial charge < -0.3 is 40.3 Å². The monoisotopic (exact) mass is 1090 g/mol. The number of hydrogen-bond donors (Lipinski definition) is 6. The number of aliphatic hydroxyl groups is 5. The summed E-state index contributed by atoms with van der Waals surface area (Å²) in [4.78, 5) is 13.1. The van der Waals surface area contributed by atoms with E-state index in [1.807, 2.05) is 6.08 Å². The van der Waals surface area contributed by atoms with Crippen LogP contribution in [0.5, 0.6) is 0 Å². The quantitative estimate of drug-likeness (QED) is 0.0261. The lowest BCUT2D eigenvalue weighted by molar-refractivity contribution is -0.302. The first-order valence-electron chi connectivity index (χ1n) is 33.4. The summed E-state index contributed by atoms with van der Waals surface area (Å²) in [6, 6.07) is -0.830. The normalized spacial score (nSPS) is 19.0. The maximum absolute atomic E-state index is 13.1. The Balaban J connectivity index is 2.18. The summed E-state index contributed by atoms with van der Waals surface area (Å²) in [6.45, 7) is 3.80. The molecule has 7 unspecified atom stereocenters. The molecule has 9 heteroatoms. The molecule has 1 fully saturated rings. The molecule has 0 aliphatic carbocycles.